The fourth-order valence-corrected chi connectivity index (χ4v) is 5.03. The van der Waals surface area contributed by atoms with Crippen LogP contribution in [0.2, 0.25) is 0 Å². The predicted octanol–water partition coefficient (Wildman–Crippen LogP) is 3.71. The van der Waals surface area contributed by atoms with Gasteiger partial charge in [0.2, 0.25) is 0 Å². The SMILES string of the molecule is COC1CCC(N2CCC(n3c(=O)n(Cl)c4ccc(C)cc43)CC2)CC1. The minimum absolute atomic E-state index is 0.105. The lowest BCUT2D eigenvalue weighted by molar-refractivity contribution is 0.0296. The Bertz CT molecular complexity index is 827. The number of aromatic nitrogens is 2. The molecular formula is C20H28ClN3O2. The number of hydrogen-bond donors (Lipinski definition) is 0. The fourth-order valence-electron chi connectivity index (χ4n) is 4.80. The molecule has 0 amide bonds. The third kappa shape index (κ3) is 3.21. The first kappa shape index (κ1) is 18.1. The zero-order chi connectivity index (χ0) is 18.3. The molecule has 0 N–H and O–H groups in total. The molecule has 1 aliphatic heterocycles. The number of nitrogens with zero attached hydrogens (tertiary/aromatic N) is 3. The third-order valence-electron chi connectivity index (χ3n) is 6.33. The highest BCUT2D eigenvalue weighted by atomic mass is 35.5. The van der Waals surface area contributed by atoms with E-state index in [-0.39, 0.29) is 11.7 Å². The smallest absolute Gasteiger partial charge is 0.344 e. The molecule has 0 bridgehead atoms. The van der Waals surface area contributed by atoms with Crippen molar-refractivity contribution in [3.63, 3.8) is 0 Å². The molecule has 0 spiro atoms. The van der Waals surface area contributed by atoms with Crippen LogP contribution < -0.4 is 5.69 Å². The highest BCUT2D eigenvalue weighted by Gasteiger charge is 2.30. The molecule has 6 heteroatoms. The quantitative estimate of drug-likeness (QED) is 0.818. The number of piperidine rings is 1. The molecule has 26 heavy (non-hydrogen) atoms. The Hall–Kier alpha value is -1.30. The fraction of sp³-hybridized carbons (Fsp3) is 0.650. The van der Waals surface area contributed by atoms with Crippen LogP contribution in [-0.4, -0.2) is 45.9 Å². The van der Waals surface area contributed by atoms with Crippen molar-refractivity contribution < 1.29 is 4.74 Å². The molecule has 0 atom stereocenters. The Balaban J connectivity index is 1.49. The molecule has 1 saturated heterocycles. The lowest BCUT2D eigenvalue weighted by Gasteiger charge is -2.40. The van der Waals surface area contributed by atoms with Crippen LogP contribution in [0, 0.1) is 6.92 Å². The number of ether oxygens (including phenoxy) is 1. The molecule has 1 aromatic heterocycles. The van der Waals surface area contributed by atoms with E-state index in [4.69, 9.17) is 16.5 Å². The van der Waals surface area contributed by atoms with Gasteiger partial charge in [0.05, 0.1) is 17.1 Å². The highest BCUT2D eigenvalue weighted by Crippen LogP contribution is 2.31. The monoisotopic (exact) mass is 377 g/mol. The van der Waals surface area contributed by atoms with E-state index in [1.165, 1.54) is 29.8 Å². The van der Waals surface area contributed by atoms with Gasteiger partial charge >= 0.3 is 5.69 Å². The summed E-state index contributed by atoms with van der Waals surface area (Å²) in [6.45, 7) is 4.17. The number of likely N-dealkylation sites (tertiary alicyclic amines) is 1. The summed E-state index contributed by atoms with van der Waals surface area (Å²) >= 11 is 6.26. The molecule has 0 unspecified atom stereocenters. The van der Waals surface area contributed by atoms with Crippen molar-refractivity contribution in [1.29, 1.82) is 0 Å². The summed E-state index contributed by atoms with van der Waals surface area (Å²) in [5.41, 5.74) is 2.82. The zero-order valence-corrected chi connectivity index (χ0v) is 16.4. The van der Waals surface area contributed by atoms with Crippen molar-refractivity contribution in [2.45, 2.75) is 63.6 Å². The van der Waals surface area contributed by atoms with Gasteiger partial charge in [-0.3, -0.25) is 4.57 Å². The molecule has 4 rings (SSSR count). The lowest BCUT2D eigenvalue weighted by Crippen LogP contribution is -2.45. The van der Waals surface area contributed by atoms with Gasteiger partial charge in [0, 0.05) is 44.1 Å². The van der Waals surface area contributed by atoms with Gasteiger partial charge in [-0.15, -0.1) is 0 Å². The number of imidazole rings is 1. The van der Waals surface area contributed by atoms with E-state index in [1.807, 2.05) is 23.8 Å². The first-order valence-corrected chi connectivity index (χ1v) is 10.1. The molecule has 2 fully saturated rings. The number of fused-ring (bicyclic) bond motifs is 1. The normalized spacial score (nSPS) is 25.8. The van der Waals surface area contributed by atoms with Crippen molar-refractivity contribution >= 4 is 22.8 Å². The summed E-state index contributed by atoms with van der Waals surface area (Å²) < 4.78 is 8.69. The van der Waals surface area contributed by atoms with Gasteiger partial charge in [0.15, 0.2) is 0 Å². The van der Waals surface area contributed by atoms with Crippen LogP contribution in [0.4, 0.5) is 0 Å². The summed E-state index contributed by atoms with van der Waals surface area (Å²) in [5, 5.41) is 0. The minimum atomic E-state index is -0.105. The average Bonchev–Trinajstić information content (AvgIpc) is 2.92. The maximum Gasteiger partial charge on any atom is 0.344 e. The first-order chi connectivity index (χ1) is 12.6. The van der Waals surface area contributed by atoms with E-state index < -0.39 is 0 Å². The van der Waals surface area contributed by atoms with E-state index in [9.17, 15) is 4.79 Å². The van der Waals surface area contributed by atoms with Crippen molar-refractivity contribution in [1.82, 2.24) is 13.6 Å². The van der Waals surface area contributed by atoms with E-state index in [1.54, 1.807) is 0 Å². The summed E-state index contributed by atoms with van der Waals surface area (Å²) in [7, 11) is 1.82. The maximum atomic E-state index is 12.7. The van der Waals surface area contributed by atoms with Crippen LogP contribution >= 0.6 is 11.8 Å². The minimum Gasteiger partial charge on any atom is -0.381 e. The Labute approximate surface area is 159 Å². The van der Waals surface area contributed by atoms with Crippen LogP contribution in [-0.2, 0) is 4.74 Å². The van der Waals surface area contributed by atoms with Crippen molar-refractivity contribution in [2.24, 2.45) is 0 Å². The zero-order valence-electron chi connectivity index (χ0n) is 15.7. The molecule has 2 aliphatic rings. The lowest BCUT2D eigenvalue weighted by atomic mass is 9.90. The summed E-state index contributed by atoms with van der Waals surface area (Å²) in [6, 6.07) is 6.94. The third-order valence-corrected chi connectivity index (χ3v) is 6.66. The van der Waals surface area contributed by atoms with Crippen LogP contribution in [0.3, 0.4) is 0 Å². The second-order valence-electron chi connectivity index (χ2n) is 7.86. The van der Waals surface area contributed by atoms with Gasteiger partial charge in [0.25, 0.3) is 0 Å². The molecule has 1 aromatic carbocycles. The van der Waals surface area contributed by atoms with Gasteiger partial charge in [-0.2, -0.15) is 0 Å². The van der Waals surface area contributed by atoms with Crippen molar-refractivity contribution in [2.75, 3.05) is 20.2 Å². The Morgan fingerprint density at radius 3 is 2.35 bits per heavy atom. The predicted molar refractivity (Wildman–Crippen MR) is 105 cm³/mol. The van der Waals surface area contributed by atoms with Crippen LogP contribution in [0.1, 0.15) is 50.1 Å². The van der Waals surface area contributed by atoms with E-state index in [2.05, 4.69) is 17.9 Å². The molecular weight excluding hydrogens is 350 g/mol. The molecule has 1 aliphatic carbocycles. The van der Waals surface area contributed by atoms with Crippen LogP contribution in [0.15, 0.2) is 23.0 Å². The second kappa shape index (κ2) is 7.37. The molecule has 1 saturated carbocycles. The Morgan fingerprint density at radius 1 is 1.00 bits per heavy atom. The van der Waals surface area contributed by atoms with Gasteiger partial charge in [-0.1, -0.05) is 6.07 Å². The van der Waals surface area contributed by atoms with Gasteiger partial charge < -0.3 is 9.64 Å². The number of methoxy groups -OCH3 is 1. The largest absolute Gasteiger partial charge is 0.381 e. The topological polar surface area (TPSA) is 39.4 Å². The Morgan fingerprint density at radius 2 is 1.69 bits per heavy atom. The molecule has 2 aromatic rings. The van der Waals surface area contributed by atoms with E-state index in [0.717, 1.165) is 42.5 Å². The summed E-state index contributed by atoms with van der Waals surface area (Å²) in [5.74, 6) is 0. The van der Waals surface area contributed by atoms with E-state index >= 15 is 0 Å². The molecule has 5 nitrogen and oxygen atoms in total. The van der Waals surface area contributed by atoms with E-state index in [0.29, 0.717) is 12.1 Å². The van der Waals surface area contributed by atoms with Crippen LogP contribution in [0.25, 0.3) is 11.0 Å². The van der Waals surface area contributed by atoms with Gasteiger partial charge in [-0.25, -0.2) is 8.88 Å². The van der Waals surface area contributed by atoms with Gasteiger partial charge in [-0.05, 0) is 63.1 Å². The highest BCUT2D eigenvalue weighted by molar-refractivity contribution is 6.18. The number of aryl methyl sites for hydroxylation is 1. The first-order valence-electron chi connectivity index (χ1n) is 9.75. The number of benzene rings is 1. The van der Waals surface area contributed by atoms with Gasteiger partial charge in [0.1, 0.15) is 0 Å². The number of halogens is 1. The van der Waals surface area contributed by atoms with Crippen molar-refractivity contribution in [3.05, 3.63) is 34.2 Å². The van der Waals surface area contributed by atoms with Crippen molar-refractivity contribution in [3.8, 4) is 0 Å². The summed E-state index contributed by atoms with van der Waals surface area (Å²) in [6.07, 6.45) is 7.24. The number of hydrogen-bond acceptors (Lipinski definition) is 3. The average molecular weight is 378 g/mol. The molecule has 142 valence electrons. The standard InChI is InChI=1S/C20H28ClN3O2/c1-14-3-8-18-19(13-14)23(20(25)24(18)21)16-9-11-22(12-10-16)15-4-6-17(26-2)7-5-15/h3,8,13,15-17H,4-7,9-12H2,1-2H3. The molecule has 0 radical (unpaired) electrons. The Kier molecular flexibility index (Phi) is 5.13. The molecule has 2 heterocycles. The maximum absolute atomic E-state index is 12.7. The number of rotatable bonds is 3. The van der Waals surface area contributed by atoms with Crippen LogP contribution in [0.5, 0.6) is 0 Å². The second-order valence-corrected chi connectivity index (χ2v) is 8.20. The summed E-state index contributed by atoms with van der Waals surface area (Å²) in [4.78, 5) is 15.3.